The molecule has 0 radical (unpaired) electrons. The molecule has 0 aliphatic carbocycles. The first-order chi connectivity index (χ1) is 22.4. The van der Waals surface area contributed by atoms with Crippen molar-refractivity contribution in [2.45, 2.75) is 62.6 Å². The average Bonchev–Trinajstić information content (AvgIpc) is 3.53. The molecule has 0 saturated carbocycles. The van der Waals surface area contributed by atoms with E-state index in [1.54, 1.807) is 7.05 Å². The molecule has 6 heterocycles. The number of benzene rings is 1. The van der Waals surface area contributed by atoms with E-state index in [0.29, 0.717) is 32.7 Å². The van der Waals surface area contributed by atoms with Gasteiger partial charge in [-0.1, -0.05) is 11.6 Å². The summed E-state index contributed by atoms with van der Waals surface area (Å²) < 4.78 is 93.3. The molecule has 4 atom stereocenters. The van der Waals surface area contributed by atoms with Crippen LogP contribution in [0.15, 0.2) is 6.07 Å². The van der Waals surface area contributed by atoms with Gasteiger partial charge in [0, 0.05) is 32.5 Å². The molecular formula is C31H35ClF5N7O3. The number of pyridine rings is 1. The number of alkyl halides is 4. The number of halogens is 6. The van der Waals surface area contributed by atoms with Gasteiger partial charge >= 0.3 is 12.2 Å². The molecule has 2 aromatic heterocycles. The van der Waals surface area contributed by atoms with Crippen molar-refractivity contribution in [2.24, 2.45) is 0 Å². The van der Waals surface area contributed by atoms with Crippen LogP contribution in [-0.4, -0.2) is 96.8 Å². The molecule has 4 aliphatic rings. The average molecular weight is 684 g/mol. The summed E-state index contributed by atoms with van der Waals surface area (Å²) in [4.78, 5) is 17.1. The van der Waals surface area contributed by atoms with Crippen molar-refractivity contribution >= 4 is 34.1 Å². The monoisotopic (exact) mass is 683 g/mol. The van der Waals surface area contributed by atoms with Gasteiger partial charge in [-0.05, 0) is 45.0 Å². The highest BCUT2D eigenvalue weighted by molar-refractivity contribution is 6.36. The second kappa shape index (κ2) is 12.0. The number of aromatic nitrogens is 3. The van der Waals surface area contributed by atoms with Crippen molar-refractivity contribution in [1.82, 2.24) is 25.2 Å². The first kappa shape index (κ1) is 32.3. The number of anilines is 2. The zero-order valence-electron chi connectivity index (χ0n) is 25.9. The molecule has 47 heavy (non-hydrogen) atoms. The Balaban J connectivity index is 1.47. The summed E-state index contributed by atoms with van der Waals surface area (Å²) in [5.74, 6) is -1.26. The zero-order valence-corrected chi connectivity index (χ0v) is 26.6. The zero-order chi connectivity index (χ0) is 33.2. The van der Waals surface area contributed by atoms with E-state index in [2.05, 4.69) is 20.2 Å². The second-order valence-corrected chi connectivity index (χ2v) is 13.2. The largest absolute Gasteiger partial charge is 0.485 e. The first-order valence-electron chi connectivity index (χ1n) is 15.6. The van der Waals surface area contributed by atoms with E-state index in [9.17, 15) is 17.6 Å². The van der Waals surface area contributed by atoms with Crippen LogP contribution in [0.25, 0.3) is 22.2 Å². The van der Waals surface area contributed by atoms with Crippen LogP contribution in [0, 0.1) is 12.7 Å². The number of nitrogens with zero attached hydrogens (tertiary/aromatic N) is 5. The first-order valence-corrected chi connectivity index (χ1v) is 16.0. The highest BCUT2D eigenvalue weighted by Crippen LogP contribution is 2.51. The summed E-state index contributed by atoms with van der Waals surface area (Å²) in [6.45, 7) is 3.78. The van der Waals surface area contributed by atoms with Gasteiger partial charge in [-0.25, -0.2) is 13.8 Å². The van der Waals surface area contributed by atoms with Crippen LogP contribution in [0.1, 0.15) is 36.8 Å². The number of hydrogen-bond donors (Lipinski definition) is 2. The number of fused-ring (bicyclic) bond motifs is 3. The van der Waals surface area contributed by atoms with Crippen molar-refractivity contribution in [1.29, 1.82) is 0 Å². The predicted molar refractivity (Wildman–Crippen MR) is 165 cm³/mol. The van der Waals surface area contributed by atoms with Crippen molar-refractivity contribution in [3.63, 3.8) is 0 Å². The van der Waals surface area contributed by atoms with Gasteiger partial charge in [-0.2, -0.15) is 23.1 Å². The fraction of sp³-hybridized carbons (Fsp3) is 0.581. The van der Waals surface area contributed by atoms with E-state index >= 15 is 4.39 Å². The highest BCUT2D eigenvalue weighted by Gasteiger charge is 2.49. The fourth-order valence-electron chi connectivity index (χ4n) is 7.64. The Morgan fingerprint density at radius 3 is 2.81 bits per heavy atom. The summed E-state index contributed by atoms with van der Waals surface area (Å²) in [7, 11) is 1.79. The molecular weight excluding hydrogens is 649 g/mol. The summed E-state index contributed by atoms with van der Waals surface area (Å²) in [6, 6.07) is 0.630. The van der Waals surface area contributed by atoms with Gasteiger partial charge in [-0.15, -0.1) is 0 Å². The van der Waals surface area contributed by atoms with Crippen LogP contribution in [0.4, 0.5) is 33.6 Å². The van der Waals surface area contributed by atoms with E-state index in [1.807, 2.05) is 4.90 Å². The minimum Gasteiger partial charge on any atom is -0.485 e. The lowest BCUT2D eigenvalue weighted by atomic mass is 9.95. The molecule has 4 aliphatic heterocycles. The summed E-state index contributed by atoms with van der Waals surface area (Å²) in [5.41, 5.74) is 2.12. The van der Waals surface area contributed by atoms with Crippen LogP contribution in [0.5, 0.6) is 11.8 Å². The number of nitrogens with one attached hydrogen (secondary N) is 1. The molecule has 2 unspecified atom stereocenters. The smallest absolute Gasteiger partial charge is 0.418 e. The quantitative estimate of drug-likeness (QED) is 0.333. The van der Waals surface area contributed by atoms with Crippen LogP contribution in [0.2, 0.25) is 5.02 Å². The molecule has 254 valence electrons. The molecule has 2 bridgehead atoms. The topological polar surface area (TPSA) is 111 Å². The Labute approximate surface area is 272 Å². The molecule has 0 spiro atoms. The fourth-order valence-corrected chi connectivity index (χ4v) is 7.96. The van der Waals surface area contributed by atoms with E-state index in [1.165, 1.54) is 6.92 Å². The lowest BCUT2D eigenvalue weighted by Gasteiger charge is -2.41. The van der Waals surface area contributed by atoms with Gasteiger partial charge < -0.3 is 30.2 Å². The van der Waals surface area contributed by atoms with Crippen molar-refractivity contribution < 1.29 is 36.2 Å². The van der Waals surface area contributed by atoms with E-state index in [4.69, 9.17) is 36.5 Å². The molecule has 3 aromatic rings. The molecule has 1 aromatic carbocycles. The maximum atomic E-state index is 17.0. The van der Waals surface area contributed by atoms with Crippen molar-refractivity contribution in [3.05, 3.63) is 28.0 Å². The Hall–Kier alpha value is -3.27. The van der Waals surface area contributed by atoms with E-state index < -0.39 is 51.7 Å². The van der Waals surface area contributed by atoms with Gasteiger partial charge in [0.15, 0.2) is 11.6 Å². The Bertz CT molecular complexity index is 1710. The van der Waals surface area contributed by atoms with Gasteiger partial charge in [0.05, 0.1) is 52.0 Å². The minimum atomic E-state index is -4.92. The molecule has 3 fully saturated rings. The van der Waals surface area contributed by atoms with Crippen LogP contribution >= 0.6 is 11.6 Å². The third kappa shape index (κ3) is 5.58. The molecule has 16 heteroatoms. The highest BCUT2D eigenvalue weighted by atomic mass is 35.5. The minimum absolute atomic E-state index is 0.0586. The van der Waals surface area contributed by atoms with Gasteiger partial charge in [0.25, 0.3) is 0 Å². The number of hydrogen-bond acceptors (Lipinski definition) is 10. The van der Waals surface area contributed by atoms with Gasteiger partial charge in [0.1, 0.15) is 36.0 Å². The van der Waals surface area contributed by atoms with E-state index in [-0.39, 0.29) is 65.5 Å². The second-order valence-electron chi connectivity index (χ2n) is 12.8. The van der Waals surface area contributed by atoms with Crippen LogP contribution in [-0.2, 0) is 10.9 Å². The molecule has 3 N–H and O–H groups in total. The predicted octanol–water partition coefficient (Wildman–Crippen LogP) is 4.92. The van der Waals surface area contributed by atoms with Crippen molar-refractivity contribution in [3.8, 4) is 23.0 Å². The molecule has 0 amide bonds. The Morgan fingerprint density at radius 1 is 1.23 bits per heavy atom. The van der Waals surface area contributed by atoms with E-state index in [0.717, 1.165) is 25.5 Å². The van der Waals surface area contributed by atoms with Crippen LogP contribution < -0.4 is 25.4 Å². The van der Waals surface area contributed by atoms with Gasteiger partial charge in [0.2, 0.25) is 0 Å². The maximum absolute atomic E-state index is 17.0. The Kier molecular flexibility index (Phi) is 8.25. The number of nitrogens with two attached hydrogens (primary N) is 1. The number of aryl methyl sites for hydroxylation is 1. The molecule has 10 nitrogen and oxygen atoms in total. The normalized spacial score (nSPS) is 25.9. The third-order valence-corrected chi connectivity index (χ3v) is 10.0. The SMILES string of the molecule is CNCCN1c2nc(OC[C@@]34CCCN3C[C@H](F)C4)nc3c(F)c(-c4nc(N)cc(C)c4C(F)(F)F)c(Cl)c(c23)OC2COCC1C2. The number of likely N-dealkylation sites (N-methyl/N-ethyl adjacent to an activating group) is 1. The van der Waals surface area contributed by atoms with Crippen LogP contribution in [0.3, 0.4) is 0 Å². The summed E-state index contributed by atoms with van der Waals surface area (Å²) in [6.07, 6.45) is -4.10. The number of nitrogen functional groups attached to an aromatic ring is 1. The van der Waals surface area contributed by atoms with Crippen molar-refractivity contribution in [2.75, 3.05) is 63.7 Å². The third-order valence-electron chi connectivity index (χ3n) is 9.68. The molecule has 3 saturated heterocycles. The summed E-state index contributed by atoms with van der Waals surface area (Å²) >= 11 is 6.86. The van der Waals surface area contributed by atoms with Gasteiger partial charge in [-0.3, -0.25) is 4.90 Å². The number of rotatable bonds is 7. The molecule has 7 rings (SSSR count). The maximum Gasteiger partial charge on any atom is 0.418 e. The summed E-state index contributed by atoms with van der Waals surface area (Å²) in [5, 5.41) is 2.79. The lowest BCUT2D eigenvalue weighted by molar-refractivity contribution is -0.137. The lowest BCUT2D eigenvalue weighted by Crippen LogP contribution is -2.50. The number of ether oxygens (including phenoxy) is 3. The standard InChI is InChI=1S/C31H35ClF5N7O3/c1-15-8-19(38)40-25(22(15)31(35,36)37)20-23(32)27-21-26(24(20)34)41-29(46-14-30-4-3-6-43(30)11-16(33)10-30)42-28(21)44(7-5-39-2)17-9-18(47-27)13-45-12-17/h8,16-18,39H,3-7,9-14H2,1-2H3,(H2,38,40)/t16-,17?,18?,30+/m1/s1. The Morgan fingerprint density at radius 2 is 2.04 bits per heavy atom.